The quantitative estimate of drug-likeness (QED) is 0.834. The van der Waals surface area contributed by atoms with E-state index >= 15 is 0 Å². The average molecular weight is 277 g/mol. The lowest BCUT2D eigenvalue weighted by atomic mass is 9.96. The zero-order chi connectivity index (χ0) is 14.2. The molecule has 0 spiro atoms. The van der Waals surface area contributed by atoms with Crippen molar-refractivity contribution in [2.75, 3.05) is 13.2 Å². The number of aliphatic hydroxyl groups excluding tert-OH is 1. The Kier molecular flexibility index (Phi) is 6.02. The summed E-state index contributed by atoms with van der Waals surface area (Å²) < 4.78 is 5.51. The molecule has 2 N–H and O–H groups in total. The molecule has 2 unspecified atom stereocenters. The van der Waals surface area contributed by atoms with Crippen LogP contribution in [0.4, 0.5) is 0 Å². The van der Waals surface area contributed by atoms with E-state index in [4.69, 9.17) is 4.74 Å². The molecule has 4 heteroatoms. The number of carbonyl (C=O) groups is 1. The Bertz CT molecular complexity index is 407. The Balaban J connectivity index is 1.69. The third-order valence-corrected chi connectivity index (χ3v) is 3.63. The van der Waals surface area contributed by atoms with Gasteiger partial charge < -0.3 is 15.2 Å². The first-order chi connectivity index (χ1) is 9.75. The van der Waals surface area contributed by atoms with Gasteiger partial charge >= 0.3 is 0 Å². The van der Waals surface area contributed by atoms with Crippen molar-refractivity contribution in [1.29, 1.82) is 0 Å². The second-order valence-corrected chi connectivity index (χ2v) is 5.37. The van der Waals surface area contributed by atoms with Crippen LogP contribution in [0.25, 0.3) is 0 Å². The number of amides is 1. The molecule has 0 radical (unpaired) electrons. The molecule has 1 aliphatic rings. The van der Waals surface area contributed by atoms with E-state index in [1.807, 2.05) is 30.3 Å². The van der Waals surface area contributed by atoms with E-state index in [2.05, 4.69) is 5.32 Å². The van der Waals surface area contributed by atoms with Gasteiger partial charge in [0.15, 0.2) is 0 Å². The second kappa shape index (κ2) is 8.02. The van der Waals surface area contributed by atoms with E-state index in [9.17, 15) is 9.90 Å². The number of rotatable bonds is 6. The predicted octanol–water partition coefficient (Wildman–Crippen LogP) is 1.87. The smallest absolute Gasteiger partial charge is 0.223 e. The molecule has 1 heterocycles. The van der Waals surface area contributed by atoms with E-state index in [-0.39, 0.29) is 18.4 Å². The highest BCUT2D eigenvalue weighted by atomic mass is 16.5. The monoisotopic (exact) mass is 277 g/mol. The summed E-state index contributed by atoms with van der Waals surface area (Å²) in [7, 11) is 0. The van der Waals surface area contributed by atoms with Gasteiger partial charge in [0.05, 0.1) is 19.3 Å². The Morgan fingerprint density at radius 2 is 2.10 bits per heavy atom. The minimum atomic E-state index is -0.576. The van der Waals surface area contributed by atoms with Gasteiger partial charge in [-0.3, -0.25) is 4.79 Å². The van der Waals surface area contributed by atoms with Gasteiger partial charge in [-0.2, -0.15) is 0 Å². The molecular weight excluding hydrogens is 254 g/mol. The van der Waals surface area contributed by atoms with E-state index < -0.39 is 6.10 Å². The molecule has 0 aliphatic carbocycles. The Hall–Kier alpha value is -1.39. The summed E-state index contributed by atoms with van der Waals surface area (Å²) in [5.41, 5.74) is 1.09. The van der Waals surface area contributed by atoms with Crippen LogP contribution < -0.4 is 5.32 Å². The minimum absolute atomic E-state index is 0.0737. The van der Waals surface area contributed by atoms with Crippen LogP contribution >= 0.6 is 0 Å². The molecule has 1 amide bonds. The van der Waals surface area contributed by atoms with Crippen LogP contribution in [-0.2, 0) is 16.1 Å². The van der Waals surface area contributed by atoms with E-state index in [0.29, 0.717) is 13.0 Å². The first kappa shape index (κ1) is 15.0. The Labute approximate surface area is 120 Å². The summed E-state index contributed by atoms with van der Waals surface area (Å²) in [6, 6.07) is 9.87. The fourth-order valence-electron chi connectivity index (χ4n) is 2.51. The molecule has 0 saturated carbocycles. The highest BCUT2D eigenvalue weighted by molar-refractivity contribution is 5.78. The van der Waals surface area contributed by atoms with Gasteiger partial charge in [0.25, 0.3) is 0 Å². The zero-order valence-corrected chi connectivity index (χ0v) is 11.8. The lowest BCUT2D eigenvalue weighted by Gasteiger charge is -2.17. The van der Waals surface area contributed by atoms with Gasteiger partial charge in [-0.05, 0) is 24.8 Å². The summed E-state index contributed by atoms with van der Waals surface area (Å²) in [4.78, 5) is 11.8. The maximum atomic E-state index is 11.8. The zero-order valence-electron chi connectivity index (χ0n) is 11.8. The number of hydrogen-bond donors (Lipinski definition) is 2. The van der Waals surface area contributed by atoms with Crippen LogP contribution in [0.5, 0.6) is 0 Å². The standard InChI is InChI=1S/C16H23NO3/c18-15(10-14-8-4-5-9-17-16(14)19)12-20-11-13-6-2-1-3-7-13/h1-3,6-7,14-15,18H,4-5,8-12H2,(H,17,19). The van der Waals surface area contributed by atoms with Crippen LogP contribution in [0.15, 0.2) is 30.3 Å². The van der Waals surface area contributed by atoms with Crippen molar-refractivity contribution in [3.63, 3.8) is 0 Å². The average Bonchev–Trinajstić information content (AvgIpc) is 2.65. The van der Waals surface area contributed by atoms with Crippen LogP contribution in [0, 0.1) is 5.92 Å². The molecule has 2 atom stereocenters. The normalized spacial score (nSPS) is 21.1. The van der Waals surface area contributed by atoms with Crippen LogP contribution in [0.2, 0.25) is 0 Å². The molecule has 110 valence electrons. The minimum Gasteiger partial charge on any atom is -0.391 e. The van der Waals surface area contributed by atoms with Crippen molar-refractivity contribution in [2.45, 2.75) is 38.4 Å². The van der Waals surface area contributed by atoms with Gasteiger partial charge in [0, 0.05) is 12.5 Å². The largest absolute Gasteiger partial charge is 0.391 e. The topological polar surface area (TPSA) is 58.6 Å². The molecule has 0 bridgehead atoms. The summed E-state index contributed by atoms with van der Waals surface area (Å²) in [6.45, 7) is 1.53. The molecule has 20 heavy (non-hydrogen) atoms. The first-order valence-corrected chi connectivity index (χ1v) is 7.33. The molecule has 1 aliphatic heterocycles. The predicted molar refractivity (Wildman–Crippen MR) is 77.1 cm³/mol. The molecule has 1 aromatic carbocycles. The van der Waals surface area contributed by atoms with Gasteiger partial charge in [-0.1, -0.05) is 36.8 Å². The Morgan fingerprint density at radius 1 is 1.30 bits per heavy atom. The molecule has 1 aromatic rings. The number of aliphatic hydroxyl groups is 1. The van der Waals surface area contributed by atoms with Crippen molar-refractivity contribution >= 4 is 5.91 Å². The molecule has 4 nitrogen and oxygen atoms in total. The molecule has 2 rings (SSSR count). The Morgan fingerprint density at radius 3 is 2.90 bits per heavy atom. The number of benzene rings is 1. The van der Waals surface area contributed by atoms with E-state index in [0.717, 1.165) is 31.4 Å². The van der Waals surface area contributed by atoms with Gasteiger partial charge in [0.1, 0.15) is 0 Å². The van der Waals surface area contributed by atoms with Gasteiger partial charge in [0.2, 0.25) is 5.91 Å². The van der Waals surface area contributed by atoms with Gasteiger partial charge in [-0.25, -0.2) is 0 Å². The van der Waals surface area contributed by atoms with Crippen LogP contribution in [0.3, 0.4) is 0 Å². The number of carbonyl (C=O) groups excluding carboxylic acids is 1. The number of nitrogens with one attached hydrogen (secondary N) is 1. The van der Waals surface area contributed by atoms with Crippen LogP contribution in [0.1, 0.15) is 31.2 Å². The summed E-state index contributed by atoms with van der Waals surface area (Å²) in [5, 5.41) is 12.9. The van der Waals surface area contributed by atoms with E-state index in [1.165, 1.54) is 0 Å². The third kappa shape index (κ3) is 4.94. The van der Waals surface area contributed by atoms with Crippen molar-refractivity contribution in [3.05, 3.63) is 35.9 Å². The van der Waals surface area contributed by atoms with Crippen molar-refractivity contribution in [2.24, 2.45) is 5.92 Å². The SMILES string of the molecule is O=C1NCCCCC1CC(O)COCc1ccccc1. The lowest BCUT2D eigenvalue weighted by molar-refractivity contribution is -0.126. The second-order valence-electron chi connectivity index (χ2n) is 5.37. The highest BCUT2D eigenvalue weighted by Gasteiger charge is 2.23. The maximum Gasteiger partial charge on any atom is 0.223 e. The summed E-state index contributed by atoms with van der Waals surface area (Å²) >= 11 is 0. The molecule has 1 fully saturated rings. The number of ether oxygens (including phenoxy) is 1. The van der Waals surface area contributed by atoms with E-state index in [1.54, 1.807) is 0 Å². The third-order valence-electron chi connectivity index (χ3n) is 3.63. The highest BCUT2D eigenvalue weighted by Crippen LogP contribution is 2.18. The first-order valence-electron chi connectivity index (χ1n) is 7.33. The summed E-state index contributed by atoms with van der Waals surface area (Å²) in [6.07, 6.45) is 2.85. The molecule has 1 saturated heterocycles. The summed E-state index contributed by atoms with van der Waals surface area (Å²) in [5.74, 6) is -0.00238. The van der Waals surface area contributed by atoms with Crippen LogP contribution in [-0.4, -0.2) is 30.3 Å². The molecular formula is C16H23NO3. The fraction of sp³-hybridized carbons (Fsp3) is 0.562. The van der Waals surface area contributed by atoms with Gasteiger partial charge in [-0.15, -0.1) is 0 Å². The maximum absolute atomic E-state index is 11.8. The fourth-order valence-corrected chi connectivity index (χ4v) is 2.51. The van der Waals surface area contributed by atoms with Crippen molar-refractivity contribution in [1.82, 2.24) is 5.32 Å². The molecule has 0 aromatic heterocycles. The number of hydrogen-bond acceptors (Lipinski definition) is 3. The van der Waals surface area contributed by atoms with Crippen molar-refractivity contribution in [3.8, 4) is 0 Å². The van der Waals surface area contributed by atoms with Crippen molar-refractivity contribution < 1.29 is 14.6 Å². The lowest BCUT2D eigenvalue weighted by Crippen LogP contribution is -2.32.